The van der Waals surface area contributed by atoms with Gasteiger partial charge in [-0.2, -0.15) is 5.26 Å². The Morgan fingerprint density at radius 3 is 2.60 bits per heavy atom. The molecule has 0 aliphatic carbocycles. The van der Waals surface area contributed by atoms with Gasteiger partial charge in [-0.05, 0) is 24.6 Å². The summed E-state index contributed by atoms with van der Waals surface area (Å²) in [4.78, 5) is 1.72. The lowest BCUT2D eigenvalue weighted by molar-refractivity contribution is 0.605. The van der Waals surface area contributed by atoms with E-state index in [-0.39, 0.29) is 5.56 Å². The van der Waals surface area contributed by atoms with Crippen LogP contribution in [0.2, 0.25) is 0 Å². The van der Waals surface area contributed by atoms with E-state index in [0.29, 0.717) is 24.2 Å². The van der Waals surface area contributed by atoms with Gasteiger partial charge in [-0.3, -0.25) is 0 Å². The molecule has 1 aromatic carbocycles. The summed E-state index contributed by atoms with van der Waals surface area (Å²) < 4.78 is 13.8. The van der Waals surface area contributed by atoms with Gasteiger partial charge in [0.15, 0.2) is 0 Å². The van der Waals surface area contributed by atoms with E-state index in [1.165, 1.54) is 0 Å². The quantitative estimate of drug-likeness (QED) is 0.812. The van der Waals surface area contributed by atoms with Crippen LogP contribution in [0.15, 0.2) is 12.1 Å². The molecule has 0 radical (unpaired) electrons. The average Bonchev–Trinajstić information content (AvgIpc) is 2.20. The van der Waals surface area contributed by atoms with Crippen LogP contribution in [-0.4, -0.2) is 20.6 Å². The SMILES string of the molecule is CN(C)c1ccc(CCN)c(F)c1C#N. The van der Waals surface area contributed by atoms with Gasteiger partial charge in [-0.15, -0.1) is 0 Å². The molecule has 2 N–H and O–H groups in total. The molecule has 0 unspecified atom stereocenters. The maximum Gasteiger partial charge on any atom is 0.146 e. The number of nitrogens with two attached hydrogens (primary N) is 1. The summed E-state index contributed by atoms with van der Waals surface area (Å²) in [6.45, 7) is 0.378. The van der Waals surface area contributed by atoms with Crippen molar-refractivity contribution in [2.45, 2.75) is 6.42 Å². The van der Waals surface area contributed by atoms with E-state index in [1.54, 1.807) is 31.1 Å². The minimum absolute atomic E-state index is 0.0888. The molecule has 1 aromatic rings. The van der Waals surface area contributed by atoms with Crippen LogP contribution in [0.3, 0.4) is 0 Å². The van der Waals surface area contributed by atoms with E-state index in [0.717, 1.165) is 0 Å². The summed E-state index contributed by atoms with van der Waals surface area (Å²) >= 11 is 0. The van der Waals surface area contributed by atoms with E-state index in [2.05, 4.69) is 0 Å². The predicted octanol–water partition coefficient (Wildman–Crippen LogP) is 1.26. The topological polar surface area (TPSA) is 53.0 Å². The van der Waals surface area contributed by atoms with Gasteiger partial charge < -0.3 is 10.6 Å². The van der Waals surface area contributed by atoms with Gasteiger partial charge in [0.25, 0.3) is 0 Å². The van der Waals surface area contributed by atoms with Crippen LogP contribution >= 0.6 is 0 Å². The van der Waals surface area contributed by atoms with Crippen LogP contribution in [0.5, 0.6) is 0 Å². The van der Waals surface area contributed by atoms with E-state index >= 15 is 0 Å². The van der Waals surface area contributed by atoms with Crippen LogP contribution in [0.1, 0.15) is 11.1 Å². The Bertz CT molecular complexity index is 394. The highest BCUT2D eigenvalue weighted by molar-refractivity contribution is 5.60. The van der Waals surface area contributed by atoms with Crippen molar-refractivity contribution in [1.29, 1.82) is 5.26 Å². The highest BCUT2D eigenvalue weighted by Crippen LogP contribution is 2.23. The Balaban J connectivity index is 3.28. The van der Waals surface area contributed by atoms with Gasteiger partial charge in [0.1, 0.15) is 17.4 Å². The lowest BCUT2D eigenvalue weighted by atomic mass is 10.1. The third-order valence-electron chi connectivity index (χ3n) is 2.21. The molecule has 0 saturated heterocycles. The Kier molecular flexibility index (Phi) is 3.64. The number of rotatable bonds is 3. The number of anilines is 1. The van der Waals surface area contributed by atoms with Gasteiger partial charge in [0.05, 0.1) is 5.69 Å². The first-order valence-electron chi connectivity index (χ1n) is 4.70. The Morgan fingerprint density at radius 1 is 1.47 bits per heavy atom. The molecule has 15 heavy (non-hydrogen) atoms. The fourth-order valence-electron chi connectivity index (χ4n) is 1.44. The van der Waals surface area contributed by atoms with Crippen LogP contribution < -0.4 is 10.6 Å². The molecule has 3 nitrogen and oxygen atoms in total. The highest BCUT2D eigenvalue weighted by Gasteiger charge is 2.13. The molecule has 0 spiro atoms. The van der Waals surface area contributed by atoms with Crippen molar-refractivity contribution in [3.8, 4) is 6.07 Å². The molecule has 0 heterocycles. The van der Waals surface area contributed by atoms with Gasteiger partial charge in [-0.25, -0.2) is 4.39 Å². The molecule has 0 fully saturated rings. The van der Waals surface area contributed by atoms with Crippen LogP contribution in [-0.2, 0) is 6.42 Å². The molecule has 0 aromatic heterocycles. The molecule has 0 aliphatic heterocycles. The van der Waals surface area contributed by atoms with Crippen molar-refractivity contribution in [3.05, 3.63) is 29.1 Å². The first-order chi connectivity index (χ1) is 7.11. The first kappa shape index (κ1) is 11.5. The second-order valence-corrected chi connectivity index (χ2v) is 3.48. The zero-order valence-electron chi connectivity index (χ0n) is 8.92. The van der Waals surface area contributed by atoms with Gasteiger partial charge in [-0.1, -0.05) is 6.07 Å². The smallest absolute Gasteiger partial charge is 0.146 e. The van der Waals surface area contributed by atoms with Gasteiger partial charge >= 0.3 is 0 Å². The van der Waals surface area contributed by atoms with Crippen molar-refractivity contribution < 1.29 is 4.39 Å². The van der Waals surface area contributed by atoms with E-state index in [1.807, 2.05) is 6.07 Å². The molecule has 0 amide bonds. The van der Waals surface area contributed by atoms with Crippen LogP contribution in [0.25, 0.3) is 0 Å². The number of nitrogens with zero attached hydrogens (tertiary/aromatic N) is 2. The van der Waals surface area contributed by atoms with Gasteiger partial charge in [0.2, 0.25) is 0 Å². The second-order valence-electron chi connectivity index (χ2n) is 3.48. The predicted molar refractivity (Wildman–Crippen MR) is 58.2 cm³/mol. The molecule has 80 valence electrons. The van der Waals surface area contributed by atoms with Crippen LogP contribution in [0, 0.1) is 17.1 Å². The summed E-state index contributed by atoms with van der Waals surface area (Å²) in [6.07, 6.45) is 0.453. The fraction of sp³-hybridized carbons (Fsp3) is 0.364. The van der Waals surface area contributed by atoms with Gasteiger partial charge in [0, 0.05) is 14.1 Å². The molecular formula is C11H14FN3. The molecule has 1 rings (SSSR count). The lowest BCUT2D eigenvalue weighted by Crippen LogP contribution is -2.13. The average molecular weight is 207 g/mol. The van der Waals surface area contributed by atoms with Crippen molar-refractivity contribution in [3.63, 3.8) is 0 Å². The minimum atomic E-state index is -0.450. The zero-order chi connectivity index (χ0) is 11.4. The molecular weight excluding hydrogens is 193 g/mol. The summed E-state index contributed by atoms with van der Waals surface area (Å²) in [5.74, 6) is -0.450. The zero-order valence-corrected chi connectivity index (χ0v) is 8.92. The first-order valence-corrected chi connectivity index (χ1v) is 4.70. The number of hydrogen-bond donors (Lipinski definition) is 1. The van der Waals surface area contributed by atoms with Crippen molar-refractivity contribution in [2.24, 2.45) is 5.73 Å². The van der Waals surface area contributed by atoms with Crippen LogP contribution in [0.4, 0.5) is 10.1 Å². The van der Waals surface area contributed by atoms with E-state index in [4.69, 9.17) is 11.0 Å². The van der Waals surface area contributed by atoms with Crippen molar-refractivity contribution in [2.75, 3.05) is 25.5 Å². The Hall–Kier alpha value is -1.60. The molecule has 0 atom stereocenters. The molecule has 0 bridgehead atoms. The third-order valence-corrected chi connectivity index (χ3v) is 2.21. The largest absolute Gasteiger partial charge is 0.377 e. The summed E-state index contributed by atoms with van der Waals surface area (Å²) in [6, 6.07) is 5.31. The lowest BCUT2D eigenvalue weighted by Gasteiger charge is -2.15. The summed E-state index contributed by atoms with van der Waals surface area (Å²) in [5.41, 5.74) is 6.54. The highest BCUT2D eigenvalue weighted by atomic mass is 19.1. The number of halogens is 1. The van der Waals surface area contributed by atoms with E-state index in [9.17, 15) is 4.39 Å². The Labute approximate surface area is 88.9 Å². The maximum absolute atomic E-state index is 13.8. The Morgan fingerprint density at radius 2 is 2.13 bits per heavy atom. The summed E-state index contributed by atoms with van der Waals surface area (Å²) in [5, 5.41) is 8.89. The number of nitriles is 1. The normalized spacial score (nSPS) is 9.80. The maximum atomic E-state index is 13.8. The minimum Gasteiger partial charge on any atom is -0.377 e. The summed E-state index contributed by atoms with van der Waals surface area (Å²) in [7, 11) is 3.55. The van der Waals surface area contributed by atoms with Crippen molar-refractivity contribution >= 4 is 5.69 Å². The standard InChI is InChI=1S/C11H14FN3/c1-15(2)10-4-3-8(5-6-13)11(12)9(10)7-14/h3-4H,5-6,13H2,1-2H3. The van der Waals surface area contributed by atoms with E-state index < -0.39 is 5.82 Å². The molecule has 0 saturated carbocycles. The third kappa shape index (κ3) is 2.25. The molecule has 0 aliphatic rings. The fourth-order valence-corrected chi connectivity index (χ4v) is 1.44. The van der Waals surface area contributed by atoms with Crippen molar-refractivity contribution in [1.82, 2.24) is 0 Å². The number of benzene rings is 1. The number of hydrogen-bond acceptors (Lipinski definition) is 3. The molecule has 4 heteroatoms. The second kappa shape index (κ2) is 4.76. The monoisotopic (exact) mass is 207 g/mol.